The lowest BCUT2D eigenvalue weighted by atomic mass is 10.2. The molecule has 6 nitrogen and oxygen atoms in total. The minimum absolute atomic E-state index is 0.000797. The first-order valence-electron chi connectivity index (χ1n) is 9.07. The molecule has 1 aliphatic carbocycles. The maximum absolute atomic E-state index is 12.2. The maximum atomic E-state index is 12.2. The summed E-state index contributed by atoms with van der Waals surface area (Å²) in [5.41, 5.74) is 1.70. The van der Waals surface area contributed by atoms with Crippen molar-refractivity contribution in [2.24, 2.45) is 5.92 Å². The van der Waals surface area contributed by atoms with E-state index in [2.05, 4.69) is 10.6 Å². The summed E-state index contributed by atoms with van der Waals surface area (Å²) in [5, 5.41) is 6.05. The third-order valence-corrected chi connectivity index (χ3v) is 4.77. The minimum Gasteiger partial charge on any atom is -0.449 e. The summed E-state index contributed by atoms with van der Waals surface area (Å²) >= 11 is 6.05. The van der Waals surface area contributed by atoms with E-state index in [-0.39, 0.29) is 18.4 Å². The van der Waals surface area contributed by atoms with Crippen molar-refractivity contribution >= 4 is 35.1 Å². The Labute approximate surface area is 168 Å². The third-order valence-electron chi connectivity index (χ3n) is 4.40. The summed E-state index contributed by atoms with van der Waals surface area (Å²) in [6.07, 6.45) is 0.892. The first-order chi connectivity index (χ1) is 13.4. The fourth-order valence-corrected chi connectivity index (χ4v) is 2.73. The van der Waals surface area contributed by atoms with E-state index in [9.17, 15) is 14.4 Å². The van der Waals surface area contributed by atoms with Crippen LogP contribution in [0.2, 0.25) is 5.02 Å². The Morgan fingerprint density at radius 2 is 1.79 bits per heavy atom. The van der Waals surface area contributed by atoms with Gasteiger partial charge < -0.3 is 15.4 Å². The van der Waals surface area contributed by atoms with Gasteiger partial charge in [-0.3, -0.25) is 9.59 Å². The van der Waals surface area contributed by atoms with Crippen LogP contribution in [0.25, 0.3) is 0 Å². The molecule has 1 aliphatic rings. The number of halogens is 1. The van der Waals surface area contributed by atoms with Gasteiger partial charge in [0, 0.05) is 23.2 Å². The molecule has 0 spiro atoms. The topological polar surface area (TPSA) is 84.5 Å². The Bertz CT molecular complexity index is 878. The van der Waals surface area contributed by atoms with Crippen LogP contribution >= 0.6 is 11.6 Å². The molecule has 1 atom stereocenters. The average Bonchev–Trinajstić information content (AvgIpc) is 3.53. The number of esters is 1. The summed E-state index contributed by atoms with van der Waals surface area (Å²) in [7, 11) is 0. The SMILES string of the molecule is CC(OC(=O)c1ccc(NC(=O)C2CC2)cc1)C(=O)NCc1ccccc1Cl. The van der Waals surface area contributed by atoms with Crippen LogP contribution in [0.3, 0.4) is 0 Å². The van der Waals surface area contributed by atoms with E-state index in [1.54, 1.807) is 36.4 Å². The molecule has 146 valence electrons. The summed E-state index contributed by atoms with van der Waals surface area (Å²) in [6, 6.07) is 13.6. The summed E-state index contributed by atoms with van der Waals surface area (Å²) in [4.78, 5) is 36.1. The molecular weight excluding hydrogens is 380 g/mol. The number of ether oxygens (including phenoxy) is 1. The number of hydrogen-bond acceptors (Lipinski definition) is 4. The van der Waals surface area contributed by atoms with Gasteiger partial charge in [0.15, 0.2) is 6.10 Å². The van der Waals surface area contributed by atoms with Crippen molar-refractivity contribution in [2.75, 3.05) is 5.32 Å². The van der Waals surface area contributed by atoms with Gasteiger partial charge in [-0.25, -0.2) is 4.79 Å². The van der Waals surface area contributed by atoms with Crippen LogP contribution in [-0.2, 0) is 20.9 Å². The number of benzene rings is 2. The summed E-state index contributed by atoms with van der Waals surface area (Å²) < 4.78 is 5.21. The molecule has 2 aromatic rings. The van der Waals surface area contributed by atoms with Crippen molar-refractivity contribution in [1.29, 1.82) is 0 Å². The number of carbonyl (C=O) groups is 3. The summed E-state index contributed by atoms with van der Waals surface area (Å²) in [6.45, 7) is 1.75. The highest BCUT2D eigenvalue weighted by Gasteiger charge is 2.29. The van der Waals surface area contributed by atoms with E-state index in [0.717, 1.165) is 18.4 Å². The van der Waals surface area contributed by atoms with Gasteiger partial charge in [-0.15, -0.1) is 0 Å². The van der Waals surface area contributed by atoms with Crippen molar-refractivity contribution in [1.82, 2.24) is 5.32 Å². The van der Waals surface area contributed by atoms with E-state index in [1.807, 2.05) is 12.1 Å². The first-order valence-corrected chi connectivity index (χ1v) is 9.45. The number of nitrogens with one attached hydrogen (secondary N) is 2. The second kappa shape index (κ2) is 8.89. The van der Waals surface area contributed by atoms with Gasteiger partial charge in [-0.05, 0) is 55.7 Å². The zero-order valence-electron chi connectivity index (χ0n) is 15.4. The normalized spacial score (nSPS) is 14.1. The Balaban J connectivity index is 1.49. The van der Waals surface area contributed by atoms with E-state index in [0.29, 0.717) is 16.3 Å². The van der Waals surface area contributed by atoms with Gasteiger partial charge in [0.2, 0.25) is 5.91 Å². The largest absolute Gasteiger partial charge is 0.449 e. The van der Waals surface area contributed by atoms with Gasteiger partial charge in [-0.1, -0.05) is 29.8 Å². The van der Waals surface area contributed by atoms with Crippen LogP contribution in [-0.4, -0.2) is 23.9 Å². The van der Waals surface area contributed by atoms with Crippen molar-refractivity contribution in [3.63, 3.8) is 0 Å². The van der Waals surface area contributed by atoms with Gasteiger partial charge in [0.1, 0.15) is 0 Å². The molecule has 2 aromatic carbocycles. The zero-order valence-corrected chi connectivity index (χ0v) is 16.2. The highest BCUT2D eigenvalue weighted by molar-refractivity contribution is 6.31. The Morgan fingerprint density at radius 3 is 2.43 bits per heavy atom. The van der Waals surface area contributed by atoms with Crippen molar-refractivity contribution in [3.8, 4) is 0 Å². The molecule has 0 saturated heterocycles. The van der Waals surface area contributed by atoms with Crippen molar-refractivity contribution < 1.29 is 19.1 Å². The summed E-state index contributed by atoms with van der Waals surface area (Å²) in [5.74, 6) is -0.920. The Kier molecular flexibility index (Phi) is 6.31. The molecule has 28 heavy (non-hydrogen) atoms. The van der Waals surface area contributed by atoms with Gasteiger partial charge >= 0.3 is 5.97 Å². The number of amides is 2. The molecule has 0 aromatic heterocycles. The lowest BCUT2D eigenvalue weighted by Crippen LogP contribution is -2.35. The van der Waals surface area contributed by atoms with E-state index in [1.165, 1.54) is 6.92 Å². The molecule has 0 heterocycles. The molecule has 7 heteroatoms. The molecule has 2 N–H and O–H groups in total. The van der Waals surface area contributed by atoms with Crippen LogP contribution < -0.4 is 10.6 Å². The number of carbonyl (C=O) groups excluding carboxylic acids is 3. The lowest BCUT2D eigenvalue weighted by Gasteiger charge is -2.14. The molecule has 3 rings (SSSR count). The average molecular weight is 401 g/mol. The fraction of sp³-hybridized carbons (Fsp3) is 0.286. The van der Waals surface area contributed by atoms with Crippen LogP contribution in [0.5, 0.6) is 0 Å². The van der Waals surface area contributed by atoms with Gasteiger partial charge in [0.25, 0.3) is 5.91 Å². The predicted octanol–water partition coefficient (Wildman–Crippen LogP) is 3.55. The molecule has 1 unspecified atom stereocenters. The molecule has 0 radical (unpaired) electrons. The van der Waals surface area contributed by atoms with Crippen LogP contribution in [0, 0.1) is 5.92 Å². The van der Waals surface area contributed by atoms with Crippen LogP contribution in [0.15, 0.2) is 48.5 Å². The highest BCUT2D eigenvalue weighted by atomic mass is 35.5. The number of hydrogen-bond donors (Lipinski definition) is 2. The van der Waals surface area contributed by atoms with Crippen molar-refractivity contribution in [3.05, 3.63) is 64.7 Å². The smallest absolute Gasteiger partial charge is 0.338 e. The van der Waals surface area contributed by atoms with Gasteiger partial charge in [0.05, 0.1) is 5.56 Å². The first kappa shape index (κ1) is 19.9. The molecule has 1 saturated carbocycles. The monoisotopic (exact) mass is 400 g/mol. The van der Waals surface area contributed by atoms with E-state index >= 15 is 0 Å². The van der Waals surface area contributed by atoms with Gasteiger partial charge in [-0.2, -0.15) is 0 Å². The maximum Gasteiger partial charge on any atom is 0.338 e. The second-order valence-corrected chi connectivity index (χ2v) is 7.10. The highest BCUT2D eigenvalue weighted by Crippen LogP contribution is 2.30. The second-order valence-electron chi connectivity index (χ2n) is 6.70. The third kappa shape index (κ3) is 5.33. The predicted molar refractivity (Wildman–Crippen MR) is 106 cm³/mol. The Morgan fingerprint density at radius 1 is 1.11 bits per heavy atom. The molecule has 1 fully saturated rings. The Hall–Kier alpha value is -2.86. The molecule has 0 bridgehead atoms. The number of rotatable bonds is 7. The molecule has 0 aliphatic heterocycles. The fourth-order valence-electron chi connectivity index (χ4n) is 2.53. The number of anilines is 1. The minimum atomic E-state index is -0.954. The van der Waals surface area contributed by atoms with E-state index < -0.39 is 18.0 Å². The van der Waals surface area contributed by atoms with Crippen LogP contribution in [0.1, 0.15) is 35.7 Å². The van der Waals surface area contributed by atoms with Crippen LogP contribution in [0.4, 0.5) is 5.69 Å². The van der Waals surface area contributed by atoms with E-state index in [4.69, 9.17) is 16.3 Å². The lowest BCUT2D eigenvalue weighted by molar-refractivity contribution is -0.129. The zero-order chi connectivity index (χ0) is 20.1. The molecule has 2 amide bonds. The quantitative estimate of drug-likeness (QED) is 0.696. The van der Waals surface area contributed by atoms with Crippen molar-refractivity contribution in [2.45, 2.75) is 32.4 Å². The molecular formula is C21H21ClN2O4. The standard InChI is InChI=1S/C21H21ClN2O4/c1-13(19(25)23-12-16-4-2-3-5-18(16)22)28-21(27)15-8-10-17(11-9-15)24-20(26)14-6-7-14/h2-5,8-11,13-14H,6-7,12H2,1H3,(H,23,25)(H,24,26).